The zero-order valence-electron chi connectivity index (χ0n) is 18.0. The fourth-order valence-electron chi connectivity index (χ4n) is 3.39. The van der Waals surface area contributed by atoms with Crippen molar-refractivity contribution in [2.75, 3.05) is 4.72 Å². The number of hydrogen-bond donors (Lipinski definition) is 3. The highest BCUT2D eigenvalue weighted by atomic mass is 35.5. The maximum absolute atomic E-state index is 13.2. The summed E-state index contributed by atoms with van der Waals surface area (Å²) in [6.07, 6.45) is 1.06. The second-order valence-corrected chi connectivity index (χ2v) is 10.5. The van der Waals surface area contributed by atoms with Gasteiger partial charge in [0, 0.05) is 11.4 Å². The number of carboxylic acids is 1. The first-order valence-electron chi connectivity index (χ1n) is 10.2. The number of hydrogen-bond acceptors (Lipinski definition) is 6. The zero-order chi connectivity index (χ0) is 26.0. The number of carbonyl (C=O) groups excluding carboxylic acids is 1. The predicted molar refractivity (Wildman–Crippen MR) is 135 cm³/mol. The quantitative estimate of drug-likeness (QED) is 0.271. The van der Waals surface area contributed by atoms with E-state index in [0.29, 0.717) is 10.6 Å². The van der Waals surface area contributed by atoms with E-state index in [2.05, 4.69) is 15.0 Å². The molecular formula is C23H16Cl3N3O6S. The molecule has 36 heavy (non-hydrogen) atoms. The molecule has 1 heterocycles. The number of carbonyl (C=O) groups is 2. The molecule has 1 unspecified atom stereocenters. The van der Waals surface area contributed by atoms with Crippen molar-refractivity contribution in [3.05, 3.63) is 87.2 Å². The number of anilines is 1. The molecule has 3 N–H and O–H groups in total. The first-order valence-corrected chi connectivity index (χ1v) is 12.8. The number of carboxylic acid groups (broad SMARTS) is 1. The third-order valence-corrected chi connectivity index (χ3v) is 7.49. The maximum atomic E-state index is 13.2. The van der Waals surface area contributed by atoms with Crippen LogP contribution in [0.4, 0.5) is 5.69 Å². The van der Waals surface area contributed by atoms with E-state index in [4.69, 9.17) is 39.2 Å². The highest BCUT2D eigenvalue weighted by molar-refractivity contribution is 7.93. The van der Waals surface area contributed by atoms with Gasteiger partial charge < -0.3 is 14.8 Å². The molecule has 4 aromatic rings. The number of nitrogens with one attached hydrogen (secondary N) is 2. The third-order valence-electron chi connectivity index (χ3n) is 5.12. The fourth-order valence-corrected chi connectivity index (χ4v) is 5.08. The van der Waals surface area contributed by atoms with Crippen LogP contribution in [-0.2, 0) is 21.2 Å². The summed E-state index contributed by atoms with van der Waals surface area (Å²) in [4.78, 5) is 28.7. The van der Waals surface area contributed by atoms with E-state index in [0.717, 1.165) is 18.5 Å². The Balaban J connectivity index is 1.66. The van der Waals surface area contributed by atoms with Gasteiger partial charge in [-0.05, 0) is 42.0 Å². The lowest BCUT2D eigenvalue weighted by atomic mass is 10.1. The summed E-state index contributed by atoms with van der Waals surface area (Å²) in [5.41, 5.74) is 0.505. The minimum Gasteiger partial charge on any atom is -0.480 e. The molecule has 4 rings (SSSR count). The van der Waals surface area contributed by atoms with Gasteiger partial charge in [-0.2, -0.15) is 0 Å². The van der Waals surface area contributed by atoms with Crippen molar-refractivity contribution >= 4 is 73.5 Å². The summed E-state index contributed by atoms with van der Waals surface area (Å²) in [7, 11) is -4.28. The van der Waals surface area contributed by atoms with Crippen molar-refractivity contribution in [1.29, 1.82) is 0 Å². The second kappa shape index (κ2) is 10.4. The molecule has 0 fully saturated rings. The Labute approximate surface area is 220 Å². The number of rotatable bonds is 8. The van der Waals surface area contributed by atoms with Gasteiger partial charge in [0.15, 0.2) is 12.0 Å². The van der Waals surface area contributed by atoms with Gasteiger partial charge in [-0.3, -0.25) is 9.52 Å². The minimum absolute atomic E-state index is 0.0264. The number of fused-ring (bicyclic) bond motifs is 1. The van der Waals surface area contributed by atoms with Crippen molar-refractivity contribution in [3.8, 4) is 0 Å². The van der Waals surface area contributed by atoms with Crippen molar-refractivity contribution < 1.29 is 27.5 Å². The maximum Gasteiger partial charge on any atom is 0.326 e. The molecule has 0 aliphatic carbocycles. The van der Waals surface area contributed by atoms with E-state index in [1.807, 2.05) is 0 Å². The lowest BCUT2D eigenvalue weighted by Gasteiger charge is -2.18. The molecule has 0 aliphatic rings. The van der Waals surface area contributed by atoms with Crippen molar-refractivity contribution in [3.63, 3.8) is 0 Å². The van der Waals surface area contributed by atoms with Gasteiger partial charge in [0.1, 0.15) is 16.5 Å². The molecule has 0 saturated carbocycles. The van der Waals surface area contributed by atoms with Crippen LogP contribution in [0.25, 0.3) is 11.1 Å². The lowest BCUT2D eigenvalue weighted by Crippen LogP contribution is -2.42. The Kier molecular flexibility index (Phi) is 7.41. The summed E-state index contributed by atoms with van der Waals surface area (Å²) >= 11 is 18.0. The number of halogens is 3. The predicted octanol–water partition coefficient (Wildman–Crippen LogP) is 5.01. The molecule has 0 spiro atoms. The summed E-state index contributed by atoms with van der Waals surface area (Å²) in [5, 5.41) is 12.5. The van der Waals surface area contributed by atoms with E-state index in [1.165, 1.54) is 12.1 Å². The van der Waals surface area contributed by atoms with E-state index < -0.39 is 27.9 Å². The molecule has 0 aliphatic heterocycles. The number of nitrogens with zero attached hydrogens (tertiary/aromatic N) is 1. The second-order valence-electron chi connectivity index (χ2n) is 7.57. The molecule has 13 heteroatoms. The van der Waals surface area contributed by atoms with E-state index in [1.54, 1.807) is 30.3 Å². The standard InChI is InChI=1S/C23H16Cl3N3O6S/c24-13-6-4-12(5-7-13)8-18(23(31)32)28-22(30)14-9-15(25)16(26)10-17(14)29-36(33,34)20-3-1-2-19-21(20)27-11-35-19/h1-7,9-11,18,29H,8H2,(H,28,30)(H,31,32). The third kappa shape index (κ3) is 5.57. The van der Waals surface area contributed by atoms with Gasteiger partial charge in [-0.1, -0.05) is 53.0 Å². The number of benzene rings is 3. The molecule has 1 atom stereocenters. The SMILES string of the molecule is O=C(NC(Cc1ccc(Cl)cc1)C(=O)O)c1cc(Cl)c(Cl)cc1NS(=O)(=O)c1cccc2ocnc12. The van der Waals surface area contributed by atoms with Gasteiger partial charge in [0.25, 0.3) is 15.9 Å². The van der Waals surface area contributed by atoms with Gasteiger partial charge >= 0.3 is 5.97 Å². The molecule has 9 nitrogen and oxygen atoms in total. The van der Waals surface area contributed by atoms with Crippen LogP contribution in [-0.4, -0.2) is 36.4 Å². The van der Waals surface area contributed by atoms with Crippen LogP contribution >= 0.6 is 34.8 Å². The largest absolute Gasteiger partial charge is 0.480 e. The van der Waals surface area contributed by atoms with Crippen LogP contribution in [0.2, 0.25) is 15.1 Å². The zero-order valence-corrected chi connectivity index (χ0v) is 21.1. The van der Waals surface area contributed by atoms with Crippen LogP contribution < -0.4 is 10.0 Å². The molecule has 1 aromatic heterocycles. The highest BCUT2D eigenvalue weighted by Gasteiger charge is 2.26. The molecule has 0 bridgehead atoms. The number of aromatic nitrogens is 1. The lowest BCUT2D eigenvalue weighted by molar-refractivity contribution is -0.139. The number of aliphatic carboxylic acids is 1. The number of sulfonamides is 1. The smallest absolute Gasteiger partial charge is 0.326 e. The summed E-state index contributed by atoms with van der Waals surface area (Å²) < 4.78 is 33.8. The van der Waals surface area contributed by atoms with Gasteiger partial charge in [-0.15, -0.1) is 0 Å². The van der Waals surface area contributed by atoms with Crippen LogP contribution in [0.5, 0.6) is 0 Å². The first-order chi connectivity index (χ1) is 17.0. The van der Waals surface area contributed by atoms with Gasteiger partial charge in [0.05, 0.1) is 21.3 Å². The Morgan fingerprint density at radius 2 is 1.72 bits per heavy atom. The molecule has 0 saturated heterocycles. The monoisotopic (exact) mass is 567 g/mol. The van der Waals surface area contributed by atoms with Crippen LogP contribution in [0, 0.1) is 0 Å². The van der Waals surface area contributed by atoms with Crippen LogP contribution in [0.1, 0.15) is 15.9 Å². The Bertz CT molecular complexity index is 1570. The summed E-state index contributed by atoms with van der Waals surface area (Å²) in [5.74, 6) is -2.18. The Morgan fingerprint density at radius 1 is 1.03 bits per heavy atom. The summed E-state index contributed by atoms with van der Waals surface area (Å²) in [6, 6.07) is 11.8. The first kappa shape index (κ1) is 25.8. The van der Waals surface area contributed by atoms with Gasteiger partial charge in [0.2, 0.25) is 0 Å². The normalized spacial score (nSPS) is 12.3. The van der Waals surface area contributed by atoms with Crippen molar-refractivity contribution in [1.82, 2.24) is 10.3 Å². The number of amides is 1. The Morgan fingerprint density at radius 3 is 2.42 bits per heavy atom. The Hall–Kier alpha value is -3.31. The molecular weight excluding hydrogens is 553 g/mol. The van der Waals surface area contributed by atoms with Gasteiger partial charge in [-0.25, -0.2) is 18.2 Å². The topological polar surface area (TPSA) is 139 Å². The fraction of sp³-hybridized carbons (Fsp3) is 0.0870. The molecule has 0 radical (unpaired) electrons. The van der Waals surface area contributed by atoms with E-state index in [-0.39, 0.29) is 43.7 Å². The molecule has 186 valence electrons. The summed E-state index contributed by atoms with van der Waals surface area (Å²) in [6.45, 7) is 0. The number of para-hydroxylation sites is 1. The molecule has 3 aromatic carbocycles. The number of oxazole rings is 1. The molecule has 1 amide bonds. The van der Waals surface area contributed by atoms with E-state index >= 15 is 0 Å². The van der Waals surface area contributed by atoms with Crippen LogP contribution in [0.15, 0.2) is 70.3 Å². The highest BCUT2D eigenvalue weighted by Crippen LogP contribution is 2.32. The van der Waals surface area contributed by atoms with Crippen molar-refractivity contribution in [2.24, 2.45) is 0 Å². The average Bonchev–Trinajstić information content (AvgIpc) is 3.30. The van der Waals surface area contributed by atoms with E-state index in [9.17, 15) is 23.1 Å². The average molecular weight is 569 g/mol. The van der Waals surface area contributed by atoms with Crippen LogP contribution in [0.3, 0.4) is 0 Å². The minimum atomic E-state index is -4.28. The van der Waals surface area contributed by atoms with Crippen molar-refractivity contribution in [2.45, 2.75) is 17.4 Å².